The number of anilines is 3. The van der Waals surface area contributed by atoms with E-state index >= 15 is 0 Å². The van der Waals surface area contributed by atoms with Crippen LogP contribution in [0.5, 0.6) is 0 Å². The van der Waals surface area contributed by atoms with Gasteiger partial charge in [0.05, 0.1) is 16.7 Å². The Hall–Kier alpha value is -8.14. The van der Waals surface area contributed by atoms with Gasteiger partial charge in [0.2, 0.25) is 0 Å². The Morgan fingerprint density at radius 2 is 0.967 bits per heavy atom. The molecule has 0 aliphatic carbocycles. The number of fused-ring (bicyclic) bond motifs is 7. The molecular weight excluding hydrogens is 741 g/mol. The SMILES string of the molecule is c1ccc(-c2ccc(-c3ccc4ccccc4c3)cc2N(c2ccc(-n3c4ccccc4c4ccccc43)cc2)c2cccc(-c3cccc4oc5ccccc5c34)c2)cc1. The van der Waals surface area contributed by atoms with E-state index in [1.54, 1.807) is 0 Å². The maximum atomic E-state index is 6.36. The highest BCUT2D eigenvalue weighted by atomic mass is 16.3. The lowest BCUT2D eigenvalue weighted by Crippen LogP contribution is -2.12. The topological polar surface area (TPSA) is 21.3 Å². The summed E-state index contributed by atoms with van der Waals surface area (Å²) >= 11 is 0. The number of aromatic nitrogens is 1. The fraction of sp³-hybridized carbons (Fsp3) is 0. The average molecular weight is 779 g/mol. The van der Waals surface area contributed by atoms with Crippen LogP contribution < -0.4 is 4.90 Å². The fourth-order valence-electron chi connectivity index (χ4n) is 9.33. The molecule has 12 rings (SSSR count). The van der Waals surface area contributed by atoms with Crippen LogP contribution in [0.4, 0.5) is 17.1 Å². The minimum Gasteiger partial charge on any atom is -0.456 e. The molecule has 0 unspecified atom stereocenters. The summed E-state index contributed by atoms with van der Waals surface area (Å²) in [5.41, 5.74) is 15.4. The molecule has 2 aromatic heterocycles. The van der Waals surface area contributed by atoms with Gasteiger partial charge in [-0.05, 0) is 111 Å². The molecule has 12 aromatic rings. The summed E-state index contributed by atoms with van der Waals surface area (Å²) in [5, 5.41) is 7.19. The normalized spacial score (nSPS) is 11.6. The molecule has 286 valence electrons. The number of rotatable bonds is 7. The first-order chi connectivity index (χ1) is 30.2. The van der Waals surface area contributed by atoms with E-state index < -0.39 is 0 Å². The molecule has 0 N–H and O–H groups in total. The van der Waals surface area contributed by atoms with E-state index in [9.17, 15) is 0 Å². The first-order valence-corrected chi connectivity index (χ1v) is 20.8. The van der Waals surface area contributed by atoms with E-state index in [0.717, 1.165) is 72.5 Å². The van der Waals surface area contributed by atoms with Crippen LogP contribution in [0.3, 0.4) is 0 Å². The zero-order valence-corrected chi connectivity index (χ0v) is 33.2. The van der Waals surface area contributed by atoms with Gasteiger partial charge in [0, 0.05) is 44.2 Å². The maximum absolute atomic E-state index is 6.36. The Balaban J connectivity index is 1.08. The quantitative estimate of drug-likeness (QED) is 0.161. The van der Waals surface area contributed by atoms with Crippen molar-refractivity contribution in [1.29, 1.82) is 0 Å². The number of hydrogen-bond donors (Lipinski definition) is 0. The number of para-hydroxylation sites is 3. The zero-order chi connectivity index (χ0) is 40.3. The molecule has 0 radical (unpaired) electrons. The lowest BCUT2D eigenvalue weighted by molar-refractivity contribution is 0.669. The zero-order valence-electron chi connectivity index (χ0n) is 33.2. The predicted octanol–water partition coefficient (Wildman–Crippen LogP) is 16.3. The van der Waals surface area contributed by atoms with Crippen LogP contribution in [0.1, 0.15) is 0 Å². The van der Waals surface area contributed by atoms with Crippen LogP contribution in [-0.2, 0) is 0 Å². The van der Waals surface area contributed by atoms with Gasteiger partial charge >= 0.3 is 0 Å². The standard InChI is InChI=1S/C58H38N2O/c1-2-15-40(16-3-1)48-35-30-43(42-29-28-39-14-4-5-17-41(39)36-42)38-55(48)59(45-31-33-46(34-32-45)60-53-24-9-6-20-50(53)51-21-7-10-25-54(51)60)47-19-12-18-44(37-47)49-23-13-27-57-58(49)52-22-8-11-26-56(52)61-57/h1-38H. The van der Waals surface area contributed by atoms with E-state index in [0.29, 0.717) is 0 Å². The van der Waals surface area contributed by atoms with Crippen LogP contribution in [0, 0.1) is 0 Å². The fourth-order valence-corrected chi connectivity index (χ4v) is 9.33. The largest absolute Gasteiger partial charge is 0.456 e. The molecule has 61 heavy (non-hydrogen) atoms. The van der Waals surface area contributed by atoms with Crippen molar-refractivity contribution < 1.29 is 4.42 Å². The summed E-state index contributed by atoms with van der Waals surface area (Å²) < 4.78 is 8.74. The molecule has 0 aliphatic rings. The highest BCUT2D eigenvalue weighted by Crippen LogP contribution is 2.45. The van der Waals surface area contributed by atoms with Crippen LogP contribution in [0.15, 0.2) is 235 Å². The molecule has 0 saturated heterocycles. The van der Waals surface area contributed by atoms with Crippen molar-refractivity contribution in [1.82, 2.24) is 4.57 Å². The number of nitrogens with zero attached hydrogens (tertiary/aromatic N) is 2. The number of benzene rings is 10. The van der Waals surface area contributed by atoms with Gasteiger partial charge < -0.3 is 13.9 Å². The molecule has 0 atom stereocenters. The Bertz CT molecular complexity index is 3540. The summed E-state index contributed by atoms with van der Waals surface area (Å²) in [6.45, 7) is 0. The van der Waals surface area contributed by atoms with Crippen LogP contribution >= 0.6 is 0 Å². The predicted molar refractivity (Wildman–Crippen MR) is 257 cm³/mol. The Labute approximate surface area is 353 Å². The minimum atomic E-state index is 0.885. The van der Waals surface area contributed by atoms with Crippen LogP contribution in [0.2, 0.25) is 0 Å². The Morgan fingerprint density at radius 1 is 0.344 bits per heavy atom. The monoisotopic (exact) mass is 778 g/mol. The lowest BCUT2D eigenvalue weighted by Gasteiger charge is -2.29. The molecule has 0 amide bonds. The maximum Gasteiger partial charge on any atom is 0.136 e. The van der Waals surface area contributed by atoms with Crippen molar-refractivity contribution in [2.45, 2.75) is 0 Å². The first kappa shape index (κ1) is 34.9. The second-order valence-corrected chi connectivity index (χ2v) is 15.7. The van der Waals surface area contributed by atoms with E-state index in [1.807, 2.05) is 12.1 Å². The highest BCUT2D eigenvalue weighted by Gasteiger charge is 2.21. The van der Waals surface area contributed by atoms with E-state index in [2.05, 4.69) is 228 Å². The summed E-state index contributed by atoms with van der Waals surface area (Å²) in [4.78, 5) is 2.43. The summed E-state index contributed by atoms with van der Waals surface area (Å²) in [7, 11) is 0. The van der Waals surface area contributed by atoms with Gasteiger partial charge in [0.15, 0.2) is 0 Å². The van der Waals surface area contributed by atoms with Gasteiger partial charge in [-0.2, -0.15) is 0 Å². The van der Waals surface area contributed by atoms with Gasteiger partial charge in [-0.25, -0.2) is 0 Å². The van der Waals surface area contributed by atoms with Crippen LogP contribution in [-0.4, -0.2) is 4.57 Å². The second kappa shape index (κ2) is 14.3. The first-order valence-electron chi connectivity index (χ1n) is 20.8. The number of hydrogen-bond acceptors (Lipinski definition) is 2. The number of furan rings is 1. The molecule has 0 aliphatic heterocycles. The third-order valence-electron chi connectivity index (χ3n) is 12.2. The molecule has 0 fully saturated rings. The van der Waals surface area contributed by atoms with E-state index in [-0.39, 0.29) is 0 Å². The third kappa shape index (κ3) is 5.90. The Morgan fingerprint density at radius 3 is 1.77 bits per heavy atom. The minimum absolute atomic E-state index is 0.885. The van der Waals surface area contributed by atoms with Gasteiger partial charge in [-0.1, -0.05) is 158 Å². The molecule has 2 heterocycles. The molecule has 0 spiro atoms. The molecular formula is C58H38N2O. The van der Waals surface area contributed by atoms with Gasteiger partial charge in [-0.3, -0.25) is 0 Å². The van der Waals surface area contributed by atoms with Crippen molar-refractivity contribution >= 4 is 71.6 Å². The van der Waals surface area contributed by atoms with Crippen molar-refractivity contribution in [3.05, 3.63) is 231 Å². The van der Waals surface area contributed by atoms with Gasteiger partial charge in [0.1, 0.15) is 11.2 Å². The molecule has 10 aromatic carbocycles. The van der Waals surface area contributed by atoms with Crippen molar-refractivity contribution in [2.75, 3.05) is 4.90 Å². The van der Waals surface area contributed by atoms with E-state index in [4.69, 9.17) is 4.42 Å². The smallest absolute Gasteiger partial charge is 0.136 e. The summed E-state index contributed by atoms with van der Waals surface area (Å²) in [6, 6.07) is 83.1. The van der Waals surface area contributed by atoms with Crippen molar-refractivity contribution in [3.8, 4) is 39.1 Å². The lowest BCUT2D eigenvalue weighted by atomic mass is 9.95. The summed E-state index contributed by atoms with van der Waals surface area (Å²) in [5.74, 6) is 0. The van der Waals surface area contributed by atoms with Crippen molar-refractivity contribution in [2.24, 2.45) is 0 Å². The van der Waals surface area contributed by atoms with E-state index in [1.165, 1.54) is 38.1 Å². The second-order valence-electron chi connectivity index (χ2n) is 15.7. The van der Waals surface area contributed by atoms with Gasteiger partial charge in [0.25, 0.3) is 0 Å². The average Bonchev–Trinajstić information content (AvgIpc) is 3.88. The third-order valence-corrected chi connectivity index (χ3v) is 12.2. The molecule has 0 saturated carbocycles. The Kier molecular flexibility index (Phi) is 8.17. The van der Waals surface area contributed by atoms with Crippen LogP contribution in [0.25, 0.3) is 93.6 Å². The molecule has 0 bridgehead atoms. The van der Waals surface area contributed by atoms with Gasteiger partial charge in [-0.15, -0.1) is 0 Å². The summed E-state index contributed by atoms with van der Waals surface area (Å²) in [6.07, 6.45) is 0. The highest BCUT2D eigenvalue weighted by molar-refractivity contribution is 6.13. The van der Waals surface area contributed by atoms with Crippen molar-refractivity contribution in [3.63, 3.8) is 0 Å². The molecule has 3 nitrogen and oxygen atoms in total. The molecule has 3 heteroatoms.